The molecule has 0 saturated heterocycles. The van der Waals surface area contributed by atoms with E-state index in [9.17, 15) is 22.4 Å². The summed E-state index contributed by atoms with van der Waals surface area (Å²) in [4.78, 5) is 16.2. The first-order valence-corrected chi connectivity index (χ1v) is 7.85. The van der Waals surface area contributed by atoms with Gasteiger partial charge in [-0.3, -0.25) is 4.79 Å². The number of aryl methyl sites for hydroxylation is 1. The minimum absolute atomic E-state index is 0.0163. The van der Waals surface area contributed by atoms with Crippen molar-refractivity contribution in [2.75, 3.05) is 13.2 Å². The smallest absolute Gasteiger partial charge is 0.433 e. The van der Waals surface area contributed by atoms with Gasteiger partial charge in [0.2, 0.25) is 0 Å². The van der Waals surface area contributed by atoms with Gasteiger partial charge in [-0.25, -0.2) is 13.9 Å². The summed E-state index contributed by atoms with van der Waals surface area (Å²) < 4.78 is 58.5. The second-order valence-corrected chi connectivity index (χ2v) is 5.61. The predicted octanol–water partition coefficient (Wildman–Crippen LogP) is 3.00. The van der Waals surface area contributed by atoms with Crippen molar-refractivity contribution in [1.29, 1.82) is 0 Å². The van der Waals surface area contributed by atoms with Gasteiger partial charge < -0.3 is 10.1 Å². The Morgan fingerprint density at radius 1 is 1.30 bits per heavy atom. The molecule has 6 nitrogen and oxygen atoms in total. The largest absolute Gasteiger partial charge is 0.489 e. The number of nitrogens with one attached hydrogen (secondary N) is 1. The third-order valence-corrected chi connectivity index (χ3v) is 3.62. The minimum atomic E-state index is -4.64. The molecule has 3 rings (SSSR count). The molecule has 2 heterocycles. The molecular formula is C17H14F4N4O2. The van der Waals surface area contributed by atoms with Crippen LogP contribution in [0.1, 0.15) is 21.7 Å². The van der Waals surface area contributed by atoms with Crippen molar-refractivity contribution in [3.63, 3.8) is 0 Å². The van der Waals surface area contributed by atoms with Crippen LogP contribution < -0.4 is 10.1 Å². The molecule has 2 aromatic heterocycles. The zero-order chi connectivity index (χ0) is 19.6. The van der Waals surface area contributed by atoms with Crippen molar-refractivity contribution >= 4 is 11.6 Å². The van der Waals surface area contributed by atoms with Gasteiger partial charge in [-0.2, -0.15) is 18.3 Å². The monoisotopic (exact) mass is 382 g/mol. The maximum Gasteiger partial charge on any atom is 0.433 e. The van der Waals surface area contributed by atoms with Crippen LogP contribution in [-0.2, 0) is 6.18 Å². The van der Waals surface area contributed by atoms with E-state index in [1.165, 1.54) is 25.1 Å². The van der Waals surface area contributed by atoms with Gasteiger partial charge in [0.05, 0.1) is 12.7 Å². The van der Waals surface area contributed by atoms with E-state index in [1.54, 1.807) is 6.07 Å². The highest BCUT2D eigenvalue weighted by atomic mass is 19.4. The van der Waals surface area contributed by atoms with E-state index in [4.69, 9.17) is 4.74 Å². The highest BCUT2D eigenvalue weighted by Gasteiger charge is 2.35. The zero-order valence-corrected chi connectivity index (χ0v) is 14.0. The van der Waals surface area contributed by atoms with Gasteiger partial charge in [-0.15, -0.1) is 0 Å². The van der Waals surface area contributed by atoms with Crippen LogP contribution in [0.3, 0.4) is 0 Å². The van der Waals surface area contributed by atoms with E-state index < -0.39 is 23.6 Å². The van der Waals surface area contributed by atoms with Crippen LogP contribution in [0, 0.1) is 12.7 Å². The number of benzene rings is 1. The van der Waals surface area contributed by atoms with E-state index in [0.717, 1.165) is 12.3 Å². The van der Waals surface area contributed by atoms with Crippen molar-refractivity contribution in [2.24, 2.45) is 0 Å². The highest BCUT2D eigenvalue weighted by molar-refractivity contribution is 5.99. The van der Waals surface area contributed by atoms with Crippen LogP contribution in [-0.4, -0.2) is 33.7 Å². The van der Waals surface area contributed by atoms with Crippen LogP contribution in [0.2, 0.25) is 0 Å². The number of alkyl halides is 3. The molecule has 1 amide bonds. The van der Waals surface area contributed by atoms with Gasteiger partial charge in [-0.05, 0) is 25.1 Å². The number of rotatable bonds is 5. The summed E-state index contributed by atoms with van der Waals surface area (Å²) in [5.41, 5.74) is -1.22. The van der Waals surface area contributed by atoms with Crippen molar-refractivity contribution < 1.29 is 27.1 Å². The Balaban J connectivity index is 1.71. The molecule has 27 heavy (non-hydrogen) atoms. The van der Waals surface area contributed by atoms with E-state index in [0.29, 0.717) is 4.52 Å². The van der Waals surface area contributed by atoms with Crippen molar-refractivity contribution in [3.8, 4) is 5.75 Å². The maximum atomic E-state index is 13.4. The molecule has 0 spiro atoms. The number of fused-ring (bicyclic) bond motifs is 1. The third-order valence-electron chi connectivity index (χ3n) is 3.62. The van der Waals surface area contributed by atoms with Crippen LogP contribution >= 0.6 is 0 Å². The number of aromatic nitrogens is 3. The number of halogens is 4. The molecule has 10 heteroatoms. The van der Waals surface area contributed by atoms with Crippen LogP contribution in [0.25, 0.3) is 5.65 Å². The molecule has 1 N–H and O–H groups in total. The van der Waals surface area contributed by atoms with Crippen molar-refractivity contribution in [2.45, 2.75) is 13.1 Å². The number of carbonyl (C=O) groups is 1. The lowest BCUT2D eigenvalue weighted by Crippen LogP contribution is -2.28. The maximum absolute atomic E-state index is 13.4. The second-order valence-electron chi connectivity index (χ2n) is 5.61. The van der Waals surface area contributed by atoms with Gasteiger partial charge in [0.25, 0.3) is 5.91 Å². The second kappa shape index (κ2) is 7.22. The quantitative estimate of drug-likeness (QED) is 0.544. The fraction of sp³-hybridized carbons (Fsp3) is 0.235. The van der Waals surface area contributed by atoms with Crippen LogP contribution in [0.15, 0.2) is 36.5 Å². The Kier molecular flexibility index (Phi) is 4.98. The summed E-state index contributed by atoms with van der Waals surface area (Å²) in [5.74, 6) is -1.16. The summed E-state index contributed by atoms with van der Waals surface area (Å²) in [5, 5.41) is 6.11. The normalized spacial score (nSPS) is 11.6. The van der Waals surface area contributed by atoms with E-state index >= 15 is 0 Å². The summed E-state index contributed by atoms with van der Waals surface area (Å²) in [6, 6.07) is 6.64. The van der Waals surface area contributed by atoms with E-state index in [1.807, 2.05) is 0 Å². The Morgan fingerprint density at radius 2 is 2.04 bits per heavy atom. The lowest BCUT2D eigenvalue weighted by molar-refractivity contribution is -0.142. The number of nitrogens with zero attached hydrogens (tertiary/aromatic N) is 3. The fourth-order valence-corrected chi connectivity index (χ4v) is 2.43. The van der Waals surface area contributed by atoms with Crippen molar-refractivity contribution in [3.05, 3.63) is 59.3 Å². The minimum Gasteiger partial charge on any atom is -0.489 e. The topological polar surface area (TPSA) is 68.5 Å². The summed E-state index contributed by atoms with van der Waals surface area (Å²) in [7, 11) is 0. The zero-order valence-electron chi connectivity index (χ0n) is 14.0. The summed E-state index contributed by atoms with van der Waals surface area (Å²) in [6.45, 7) is 1.39. The number of ether oxygens (including phenoxy) is 1. The Labute approximate surface area is 150 Å². The Morgan fingerprint density at radius 3 is 2.74 bits per heavy atom. The molecule has 0 aliphatic carbocycles. The average molecular weight is 382 g/mol. The Bertz CT molecular complexity index is 985. The first-order valence-electron chi connectivity index (χ1n) is 7.85. The predicted molar refractivity (Wildman–Crippen MR) is 87.0 cm³/mol. The molecule has 0 atom stereocenters. The molecule has 0 bridgehead atoms. The highest BCUT2D eigenvalue weighted by Crippen LogP contribution is 2.30. The molecule has 1 aromatic carbocycles. The van der Waals surface area contributed by atoms with Crippen molar-refractivity contribution in [1.82, 2.24) is 19.9 Å². The third kappa shape index (κ3) is 3.99. The number of hydrogen-bond donors (Lipinski definition) is 1. The van der Waals surface area contributed by atoms with Gasteiger partial charge in [-0.1, -0.05) is 12.1 Å². The van der Waals surface area contributed by atoms with Gasteiger partial charge in [0.15, 0.2) is 17.2 Å². The van der Waals surface area contributed by atoms with Crippen LogP contribution in [0.5, 0.6) is 5.75 Å². The number of hydrogen-bond acceptors (Lipinski definition) is 4. The Hall–Kier alpha value is -3.17. The van der Waals surface area contributed by atoms with E-state index in [-0.39, 0.29) is 35.8 Å². The number of carbonyl (C=O) groups excluding carboxylic acids is 1. The molecule has 3 aromatic rings. The average Bonchev–Trinajstić information content (AvgIpc) is 3.02. The summed E-state index contributed by atoms with van der Waals surface area (Å²) in [6.07, 6.45) is -3.62. The van der Waals surface area contributed by atoms with Gasteiger partial charge >= 0.3 is 6.18 Å². The molecule has 0 fully saturated rings. The van der Waals surface area contributed by atoms with Gasteiger partial charge in [0.1, 0.15) is 17.9 Å². The SMILES string of the molecule is Cc1cc(C(F)(F)F)n2ncc(C(=O)NCCOc3ccccc3F)c2n1. The fourth-order valence-electron chi connectivity index (χ4n) is 2.43. The molecular weight excluding hydrogens is 368 g/mol. The first kappa shape index (κ1) is 18.6. The first-order chi connectivity index (χ1) is 12.8. The van der Waals surface area contributed by atoms with Gasteiger partial charge in [0, 0.05) is 5.69 Å². The molecule has 0 saturated carbocycles. The lowest BCUT2D eigenvalue weighted by Gasteiger charge is -2.10. The molecule has 0 aliphatic rings. The standard InChI is InChI=1S/C17H14F4N4O2/c1-10-8-14(17(19,20)21)25-15(24-10)11(9-23-25)16(26)22-6-7-27-13-5-3-2-4-12(13)18/h2-5,8-9H,6-7H2,1H3,(H,22,26). The van der Waals surface area contributed by atoms with E-state index in [2.05, 4.69) is 15.4 Å². The van der Waals surface area contributed by atoms with Crippen LogP contribution in [0.4, 0.5) is 17.6 Å². The molecule has 0 radical (unpaired) electrons. The number of amides is 1. The number of para-hydroxylation sites is 1. The summed E-state index contributed by atoms with van der Waals surface area (Å²) >= 11 is 0. The lowest BCUT2D eigenvalue weighted by atomic mass is 10.3. The molecule has 0 aliphatic heterocycles. The molecule has 0 unspecified atom stereocenters. The molecule has 142 valence electrons.